The fourth-order valence-corrected chi connectivity index (χ4v) is 4.95. The normalized spacial score (nSPS) is 45.4. The number of thioether (sulfide) groups is 1. The van der Waals surface area contributed by atoms with Gasteiger partial charge < -0.3 is 15.8 Å². The van der Waals surface area contributed by atoms with Crippen molar-refractivity contribution in [3.8, 4) is 0 Å². The summed E-state index contributed by atoms with van der Waals surface area (Å²) in [7, 11) is 0. The summed E-state index contributed by atoms with van der Waals surface area (Å²) in [5.41, 5.74) is 5.48. The molecule has 5 heteroatoms. The predicted molar refractivity (Wildman–Crippen MR) is 72.4 cm³/mol. The number of nitrogens with one attached hydrogen (secondary N) is 1. The van der Waals surface area contributed by atoms with E-state index in [1.807, 2.05) is 11.8 Å². The molecule has 1 saturated carbocycles. The van der Waals surface area contributed by atoms with Gasteiger partial charge in [-0.05, 0) is 18.6 Å². The zero-order valence-electron chi connectivity index (χ0n) is 11.1. The zero-order valence-corrected chi connectivity index (χ0v) is 11.9. The number of amides is 1. The third kappa shape index (κ3) is 1.50. The fraction of sp³-hybridized carbons (Fsp3) is 0.923. The van der Waals surface area contributed by atoms with Gasteiger partial charge in [0.25, 0.3) is 0 Å². The second kappa shape index (κ2) is 4.12. The Kier molecular flexibility index (Phi) is 2.92. The van der Waals surface area contributed by atoms with E-state index in [0.717, 1.165) is 31.0 Å². The van der Waals surface area contributed by atoms with E-state index in [2.05, 4.69) is 19.2 Å². The number of fused-ring (bicyclic) bond motifs is 1. The van der Waals surface area contributed by atoms with E-state index in [4.69, 9.17) is 10.5 Å². The molecule has 4 atom stereocenters. The van der Waals surface area contributed by atoms with Crippen LogP contribution in [0.5, 0.6) is 0 Å². The molecule has 3 aliphatic rings. The van der Waals surface area contributed by atoms with E-state index in [0.29, 0.717) is 6.04 Å². The van der Waals surface area contributed by atoms with E-state index in [-0.39, 0.29) is 23.3 Å². The lowest BCUT2D eigenvalue weighted by Crippen LogP contribution is -2.80. The van der Waals surface area contributed by atoms with E-state index in [9.17, 15) is 4.79 Å². The average molecular weight is 270 g/mol. The largest absolute Gasteiger partial charge is 0.377 e. The van der Waals surface area contributed by atoms with Gasteiger partial charge in [-0.15, -0.1) is 0 Å². The number of nitrogens with two attached hydrogens (primary N) is 1. The lowest BCUT2D eigenvalue weighted by atomic mass is 9.48. The van der Waals surface area contributed by atoms with Crippen molar-refractivity contribution in [1.29, 1.82) is 0 Å². The van der Waals surface area contributed by atoms with Crippen molar-refractivity contribution in [2.45, 2.75) is 44.4 Å². The van der Waals surface area contributed by atoms with Gasteiger partial charge in [-0.1, -0.05) is 13.8 Å². The summed E-state index contributed by atoms with van der Waals surface area (Å²) in [6.45, 7) is 4.86. The van der Waals surface area contributed by atoms with Crippen LogP contribution in [0.2, 0.25) is 0 Å². The van der Waals surface area contributed by atoms with Crippen molar-refractivity contribution in [3.63, 3.8) is 0 Å². The number of hydrogen-bond donors (Lipinski definition) is 2. The van der Waals surface area contributed by atoms with Crippen LogP contribution in [0.4, 0.5) is 0 Å². The Labute approximate surface area is 112 Å². The molecule has 0 bridgehead atoms. The quantitative estimate of drug-likeness (QED) is 0.777. The summed E-state index contributed by atoms with van der Waals surface area (Å²) in [5, 5.41) is 3.15. The zero-order chi connectivity index (χ0) is 13.0. The van der Waals surface area contributed by atoms with Crippen LogP contribution in [0.3, 0.4) is 0 Å². The Morgan fingerprint density at radius 1 is 1.44 bits per heavy atom. The highest BCUT2D eigenvalue weighted by Crippen LogP contribution is 2.58. The molecule has 0 aromatic heterocycles. The number of carbonyl (C=O) groups is 1. The summed E-state index contributed by atoms with van der Waals surface area (Å²) in [6, 6.07) is 0.306. The van der Waals surface area contributed by atoms with Gasteiger partial charge in [-0.2, -0.15) is 11.8 Å². The molecule has 0 radical (unpaired) electrons. The highest BCUT2D eigenvalue weighted by atomic mass is 32.2. The van der Waals surface area contributed by atoms with Crippen LogP contribution in [-0.2, 0) is 9.53 Å². The first-order valence-electron chi connectivity index (χ1n) is 6.77. The summed E-state index contributed by atoms with van der Waals surface area (Å²) >= 11 is 1.90. The summed E-state index contributed by atoms with van der Waals surface area (Å²) in [4.78, 5) is 12.6. The number of rotatable bonds is 2. The molecule has 3 N–H and O–H groups in total. The summed E-state index contributed by atoms with van der Waals surface area (Å²) in [6.07, 6.45) is 2.14. The van der Waals surface area contributed by atoms with Crippen LogP contribution in [0.15, 0.2) is 0 Å². The van der Waals surface area contributed by atoms with Gasteiger partial charge in [0.05, 0.1) is 6.10 Å². The summed E-state index contributed by atoms with van der Waals surface area (Å²) in [5.74, 6) is 2.39. The van der Waals surface area contributed by atoms with Crippen LogP contribution in [0.1, 0.15) is 26.7 Å². The van der Waals surface area contributed by atoms with Crippen molar-refractivity contribution in [3.05, 3.63) is 0 Å². The van der Waals surface area contributed by atoms with Crippen molar-refractivity contribution in [2.75, 3.05) is 18.1 Å². The fourth-order valence-electron chi connectivity index (χ4n) is 3.80. The first-order valence-corrected chi connectivity index (χ1v) is 7.92. The molecule has 2 heterocycles. The molecule has 4 nitrogen and oxygen atoms in total. The highest BCUT2D eigenvalue weighted by molar-refractivity contribution is 7.99. The van der Waals surface area contributed by atoms with Crippen molar-refractivity contribution in [1.82, 2.24) is 5.32 Å². The molecular weight excluding hydrogens is 248 g/mol. The molecule has 2 aliphatic heterocycles. The molecule has 0 spiro atoms. The molecule has 0 aromatic carbocycles. The second-order valence-corrected chi connectivity index (χ2v) is 7.46. The van der Waals surface area contributed by atoms with Gasteiger partial charge >= 0.3 is 0 Å². The monoisotopic (exact) mass is 270 g/mol. The molecule has 102 valence electrons. The molecule has 3 fully saturated rings. The molecule has 18 heavy (non-hydrogen) atoms. The van der Waals surface area contributed by atoms with Crippen molar-refractivity contribution >= 4 is 17.7 Å². The molecule has 1 aliphatic carbocycles. The van der Waals surface area contributed by atoms with Gasteiger partial charge in [-0.25, -0.2) is 0 Å². The molecule has 4 unspecified atom stereocenters. The average Bonchev–Trinajstić information content (AvgIpc) is 2.97. The maximum absolute atomic E-state index is 12.6. The Bertz CT molecular complexity index is 368. The SMILES string of the molecule is CC1(C)C2OCCC2C1(N)C(=O)NC1CCSC1. The third-order valence-corrected chi connectivity index (χ3v) is 6.26. The van der Waals surface area contributed by atoms with Crippen molar-refractivity contribution < 1.29 is 9.53 Å². The van der Waals surface area contributed by atoms with E-state index in [1.54, 1.807) is 0 Å². The minimum Gasteiger partial charge on any atom is -0.377 e. The van der Waals surface area contributed by atoms with Crippen LogP contribution in [0, 0.1) is 11.3 Å². The first kappa shape index (κ1) is 12.8. The van der Waals surface area contributed by atoms with Crippen molar-refractivity contribution in [2.24, 2.45) is 17.1 Å². The minimum atomic E-state index is -0.749. The standard InChI is InChI=1S/C13H22N2O2S/c1-12(2)10-9(3-5-17-10)13(12,14)11(16)15-8-4-6-18-7-8/h8-10H,3-7,14H2,1-2H3,(H,15,16). The van der Waals surface area contributed by atoms with Crippen LogP contribution < -0.4 is 11.1 Å². The van der Waals surface area contributed by atoms with Gasteiger partial charge in [0.2, 0.25) is 5.91 Å². The Balaban J connectivity index is 1.75. The molecule has 0 aromatic rings. The van der Waals surface area contributed by atoms with Gasteiger partial charge in [0.15, 0.2) is 0 Å². The maximum Gasteiger partial charge on any atom is 0.241 e. The Morgan fingerprint density at radius 2 is 2.22 bits per heavy atom. The van der Waals surface area contributed by atoms with Gasteiger partial charge in [-0.3, -0.25) is 4.79 Å². The van der Waals surface area contributed by atoms with E-state index in [1.165, 1.54) is 0 Å². The van der Waals surface area contributed by atoms with Crippen LogP contribution in [-0.4, -0.2) is 41.7 Å². The first-order chi connectivity index (χ1) is 8.48. The summed E-state index contributed by atoms with van der Waals surface area (Å²) < 4.78 is 5.72. The van der Waals surface area contributed by atoms with E-state index >= 15 is 0 Å². The maximum atomic E-state index is 12.6. The van der Waals surface area contributed by atoms with E-state index < -0.39 is 5.54 Å². The number of hydrogen-bond acceptors (Lipinski definition) is 4. The molecular formula is C13H22N2O2S. The number of ether oxygens (including phenoxy) is 1. The lowest BCUT2D eigenvalue weighted by molar-refractivity contribution is -0.175. The van der Waals surface area contributed by atoms with Crippen LogP contribution >= 0.6 is 11.8 Å². The molecule has 3 rings (SSSR count). The predicted octanol–water partition coefficient (Wildman–Crippen LogP) is 0.751. The smallest absolute Gasteiger partial charge is 0.241 e. The minimum absolute atomic E-state index is 0.0340. The molecule has 2 saturated heterocycles. The highest BCUT2D eigenvalue weighted by Gasteiger charge is 2.71. The Hall–Kier alpha value is -0.260. The number of carbonyl (C=O) groups excluding carboxylic acids is 1. The Morgan fingerprint density at radius 3 is 2.89 bits per heavy atom. The lowest BCUT2D eigenvalue weighted by Gasteiger charge is -2.60. The third-order valence-electron chi connectivity index (χ3n) is 5.09. The second-order valence-electron chi connectivity index (χ2n) is 6.31. The molecule has 1 amide bonds. The van der Waals surface area contributed by atoms with Gasteiger partial charge in [0, 0.05) is 29.7 Å². The van der Waals surface area contributed by atoms with Crippen LogP contribution in [0.25, 0.3) is 0 Å². The van der Waals surface area contributed by atoms with Gasteiger partial charge in [0.1, 0.15) is 5.54 Å². The topological polar surface area (TPSA) is 64.3 Å².